The van der Waals surface area contributed by atoms with Gasteiger partial charge in [-0.1, -0.05) is 36.4 Å². The second-order valence-electron chi connectivity index (χ2n) is 5.60. The summed E-state index contributed by atoms with van der Waals surface area (Å²) < 4.78 is 0. The van der Waals surface area contributed by atoms with E-state index in [1.54, 1.807) is 12.1 Å². The molecule has 0 saturated heterocycles. The Kier molecular flexibility index (Phi) is 3.71. The van der Waals surface area contributed by atoms with E-state index < -0.39 is 0 Å². The SMILES string of the molecule is CN(Cc1cccc([N+](=O)[O-])c1)C1CCc2ccccc21. The van der Waals surface area contributed by atoms with E-state index in [9.17, 15) is 10.1 Å². The molecular formula is C17H18N2O2. The van der Waals surface area contributed by atoms with Crippen LogP contribution in [0.4, 0.5) is 5.69 Å². The van der Waals surface area contributed by atoms with Crippen LogP contribution in [0.1, 0.15) is 29.2 Å². The van der Waals surface area contributed by atoms with Crippen LogP contribution in [0.15, 0.2) is 48.5 Å². The van der Waals surface area contributed by atoms with Gasteiger partial charge in [-0.3, -0.25) is 15.0 Å². The maximum Gasteiger partial charge on any atom is 0.269 e. The molecule has 0 radical (unpaired) electrons. The first-order valence-corrected chi connectivity index (χ1v) is 7.16. The summed E-state index contributed by atoms with van der Waals surface area (Å²) in [6.45, 7) is 0.723. The highest BCUT2D eigenvalue weighted by atomic mass is 16.6. The summed E-state index contributed by atoms with van der Waals surface area (Å²) in [6, 6.07) is 15.9. The van der Waals surface area contributed by atoms with Crippen molar-refractivity contribution in [1.29, 1.82) is 0 Å². The molecule has 2 aromatic carbocycles. The highest BCUT2D eigenvalue weighted by Gasteiger charge is 2.25. The third-order valence-electron chi connectivity index (χ3n) is 4.19. The van der Waals surface area contributed by atoms with Crippen LogP contribution in [0.25, 0.3) is 0 Å². The van der Waals surface area contributed by atoms with Crippen LogP contribution in [0.2, 0.25) is 0 Å². The number of nitro benzene ring substituents is 1. The maximum atomic E-state index is 10.9. The Morgan fingerprint density at radius 1 is 1.24 bits per heavy atom. The molecule has 0 N–H and O–H groups in total. The van der Waals surface area contributed by atoms with Crippen LogP contribution in [-0.4, -0.2) is 16.9 Å². The van der Waals surface area contributed by atoms with Crippen molar-refractivity contribution in [3.8, 4) is 0 Å². The van der Waals surface area contributed by atoms with Gasteiger partial charge in [-0.05, 0) is 36.6 Å². The summed E-state index contributed by atoms with van der Waals surface area (Å²) in [5, 5.41) is 10.9. The normalized spacial score (nSPS) is 17.0. The molecule has 0 spiro atoms. The van der Waals surface area contributed by atoms with Gasteiger partial charge in [-0.15, -0.1) is 0 Å². The fraction of sp³-hybridized carbons (Fsp3) is 0.294. The molecule has 0 fully saturated rings. The summed E-state index contributed by atoms with van der Waals surface area (Å²) in [7, 11) is 2.09. The van der Waals surface area contributed by atoms with Crippen LogP contribution >= 0.6 is 0 Å². The zero-order valence-corrected chi connectivity index (χ0v) is 12.0. The monoisotopic (exact) mass is 282 g/mol. The number of non-ortho nitro benzene ring substituents is 1. The third-order valence-corrected chi connectivity index (χ3v) is 4.19. The fourth-order valence-corrected chi connectivity index (χ4v) is 3.16. The van der Waals surface area contributed by atoms with E-state index in [0.717, 1.165) is 24.9 Å². The largest absolute Gasteiger partial charge is 0.295 e. The molecule has 1 aliphatic carbocycles. The lowest BCUT2D eigenvalue weighted by atomic mass is 10.1. The van der Waals surface area contributed by atoms with Crippen LogP contribution in [0.5, 0.6) is 0 Å². The molecule has 1 atom stereocenters. The van der Waals surface area contributed by atoms with Gasteiger partial charge < -0.3 is 0 Å². The highest BCUT2D eigenvalue weighted by molar-refractivity contribution is 5.36. The Morgan fingerprint density at radius 2 is 2.05 bits per heavy atom. The fourth-order valence-electron chi connectivity index (χ4n) is 3.16. The summed E-state index contributed by atoms with van der Waals surface area (Å²) in [4.78, 5) is 12.8. The number of benzene rings is 2. The molecule has 0 aromatic heterocycles. The Hall–Kier alpha value is -2.20. The van der Waals surface area contributed by atoms with Gasteiger partial charge in [0.1, 0.15) is 0 Å². The molecule has 108 valence electrons. The quantitative estimate of drug-likeness (QED) is 0.634. The van der Waals surface area contributed by atoms with Crippen LogP contribution in [0, 0.1) is 10.1 Å². The van der Waals surface area contributed by atoms with Crippen molar-refractivity contribution in [3.05, 3.63) is 75.3 Å². The van der Waals surface area contributed by atoms with E-state index in [1.165, 1.54) is 17.2 Å². The molecule has 21 heavy (non-hydrogen) atoms. The Bertz CT molecular complexity index is 669. The van der Waals surface area contributed by atoms with E-state index in [2.05, 4.69) is 36.2 Å². The van der Waals surface area contributed by atoms with E-state index in [-0.39, 0.29) is 10.6 Å². The summed E-state index contributed by atoms with van der Waals surface area (Å²) in [5.41, 5.74) is 3.96. The second-order valence-corrected chi connectivity index (χ2v) is 5.60. The van der Waals surface area contributed by atoms with Crippen LogP contribution < -0.4 is 0 Å². The smallest absolute Gasteiger partial charge is 0.269 e. The molecule has 0 heterocycles. The molecule has 3 rings (SSSR count). The zero-order valence-electron chi connectivity index (χ0n) is 12.0. The van der Waals surface area contributed by atoms with Gasteiger partial charge in [0.15, 0.2) is 0 Å². The average molecular weight is 282 g/mol. The predicted octanol–water partition coefficient (Wildman–Crippen LogP) is 3.71. The number of rotatable bonds is 4. The lowest BCUT2D eigenvalue weighted by Gasteiger charge is -2.25. The van der Waals surface area contributed by atoms with Gasteiger partial charge in [-0.25, -0.2) is 0 Å². The number of nitro groups is 1. The minimum atomic E-state index is -0.339. The zero-order chi connectivity index (χ0) is 14.8. The van der Waals surface area contributed by atoms with Gasteiger partial charge in [0.05, 0.1) is 4.92 Å². The molecule has 4 heteroatoms. The number of hydrogen-bond acceptors (Lipinski definition) is 3. The van der Waals surface area contributed by atoms with Gasteiger partial charge >= 0.3 is 0 Å². The van der Waals surface area contributed by atoms with Crippen molar-refractivity contribution in [2.45, 2.75) is 25.4 Å². The number of nitrogens with zero attached hydrogens (tertiary/aromatic N) is 2. The minimum absolute atomic E-state index is 0.160. The second kappa shape index (κ2) is 5.66. The van der Waals surface area contributed by atoms with Crippen molar-refractivity contribution in [3.63, 3.8) is 0 Å². The molecule has 0 saturated carbocycles. The molecule has 1 unspecified atom stereocenters. The van der Waals surface area contributed by atoms with Crippen molar-refractivity contribution in [2.24, 2.45) is 0 Å². The topological polar surface area (TPSA) is 46.4 Å². The molecule has 1 aliphatic rings. The van der Waals surface area contributed by atoms with Crippen LogP contribution in [-0.2, 0) is 13.0 Å². The van der Waals surface area contributed by atoms with E-state index in [1.807, 2.05) is 6.07 Å². The number of fused-ring (bicyclic) bond motifs is 1. The lowest BCUT2D eigenvalue weighted by molar-refractivity contribution is -0.384. The van der Waals surface area contributed by atoms with Gasteiger partial charge in [0.2, 0.25) is 0 Å². The number of aryl methyl sites for hydroxylation is 1. The average Bonchev–Trinajstić information content (AvgIpc) is 2.91. The molecule has 0 bridgehead atoms. The molecular weight excluding hydrogens is 264 g/mol. The Labute approximate surface area is 124 Å². The van der Waals surface area contributed by atoms with E-state index >= 15 is 0 Å². The maximum absolute atomic E-state index is 10.9. The first-order chi connectivity index (χ1) is 10.1. The summed E-state index contributed by atoms with van der Waals surface area (Å²) in [5.74, 6) is 0. The van der Waals surface area contributed by atoms with Gasteiger partial charge in [-0.2, -0.15) is 0 Å². The van der Waals surface area contributed by atoms with Crippen LogP contribution in [0.3, 0.4) is 0 Å². The van der Waals surface area contributed by atoms with E-state index in [0.29, 0.717) is 6.04 Å². The molecule has 0 aliphatic heterocycles. The first kappa shape index (κ1) is 13.8. The van der Waals surface area contributed by atoms with Crippen molar-refractivity contribution >= 4 is 5.69 Å². The molecule has 0 amide bonds. The van der Waals surface area contributed by atoms with Crippen molar-refractivity contribution in [2.75, 3.05) is 7.05 Å². The predicted molar refractivity (Wildman–Crippen MR) is 82.1 cm³/mol. The standard InChI is InChI=1S/C17H18N2O2/c1-18(12-13-5-4-7-15(11-13)19(20)21)17-10-9-14-6-2-3-8-16(14)17/h2-8,11,17H,9-10,12H2,1H3. The Morgan fingerprint density at radius 3 is 2.86 bits per heavy atom. The molecule has 4 nitrogen and oxygen atoms in total. The molecule has 2 aromatic rings. The van der Waals surface area contributed by atoms with Crippen molar-refractivity contribution < 1.29 is 4.92 Å². The van der Waals surface area contributed by atoms with Gasteiger partial charge in [0.25, 0.3) is 5.69 Å². The summed E-state index contributed by atoms with van der Waals surface area (Å²) >= 11 is 0. The Balaban J connectivity index is 1.77. The first-order valence-electron chi connectivity index (χ1n) is 7.16. The highest BCUT2D eigenvalue weighted by Crippen LogP contribution is 2.35. The van der Waals surface area contributed by atoms with Gasteiger partial charge in [0, 0.05) is 24.7 Å². The lowest BCUT2D eigenvalue weighted by Crippen LogP contribution is -2.22. The van der Waals surface area contributed by atoms with Crippen molar-refractivity contribution in [1.82, 2.24) is 4.90 Å². The van der Waals surface area contributed by atoms with E-state index in [4.69, 9.17) is 0 Å². The minimum Gasteiger partial charge on any atom is -0.295 e. The summed E-state index contributed by atoms with van der Waals surface area (Å²) in [6.07, 6.45) is 2.23. The number of hydrogen-bond donors (Lipinski definition) is 0. The third kappa shape index (κ3) is 2.81.